The van der Waals surface area contributed by atoms with Gasteiger partial charge in [-0.25, -0.2) is 13.4 Å². The molecule has 0 bridgehead atoms. The van der Waals surface area contributed by atoms with Crippen LogP contribution in [0.4, 0.5) is 5.13 Å². The summed E-state index contributed by atoms with van der Waals surface area (Å²) >= 11 is 1.50. The topological polar surface area (TPSA) is 70.6 Å². The Morgan fingerprint density at radius 3 is 2.13 bits per heavy atom. The van der Waals surface area contributed by atoms with E-state index in [0.717, 1.165) is 47.9 Å². The number of benzene rings is 3. The van der Waals surface area contributed by atoms with Crippen LogP contribution in [0, 0.1) is 0 Å². The van der Waals surface area contributed by atoms with Crippen molar-refractivity contribution < 1.29 is 13.2 Å². The molecule has 1 aromatic heterocycles. The molecule has 0 aliphatic rings. The minimum absolute atomic E-state index is 0.216. The molecule has 0 saturated heterocycles. The summed E-state index contributed by atoms with van der Waals surface area (Å²) in [5.41, 5.74) is 3.49. The Morgan fingerprint density at radius 1 is 0.846 bits per heavy atom. The zero-order chi connectivity index (χ0) is 27.8. The van der Waals surface area contributed by atoms with E-state index < -0.39 is 10.0 Å². The number of sulfonamides is 1. The average Bonchev–Trinajstić information content (AvgIpc) is 3.39. The Morgan fingerprint density at radius 2 is 1.51 bits per heavy atom. The van der Waals surface area contributed by atoms with E-state index in [4.69, 9.17) is 4.98 Å². The monoisotopic (exact) mass is 563 g/mol. The number of rotatable bonds is 13. The Kier molecular flexibility index (Phi) is 9.88. The molecule has 0 unspecified atom stereocenters. The van der Waals surface area contributed by atoms with Crippen LogP contribution in [0.15, 0.2) is 77.7 Å². The van der Waals surface area contributed by atoms with Crippen molar-refractivity contribution in [1.29, 1.82) is 0 Å². The normalized spacial score (nSPS) is 11.8. The molecule has 1 heterocycles. The third kappa shape index (κ3) is 6.93. The van der Waals surface area contributed by atoms with Crippen molar-refractivity contribution in [3.05, 3.63) is 89.5 Å². The first-order valence-corrected chi connectivity index (χ1v) is 16.0. The van der Waals surface area contributed by atoms with Gasteiger partial charge in [-0.3, -0.25) is 9.69 Å². The fourth-order valence-corrected chi connectivity index (χ4v) is 6.92. The lowest BCUT2D eigenvalue weighted by Gasteiger charge is -2.23. The van der Waals surface area contributed by atoms with Gasteiger partial charge in [0.05, 0.1) is 21.7 Å². The maximum Gasteiger partial charge on any atom is 0.260 e. The van der Waals surface area contributed by atoms with Crippen molar-refractivity contribution in [2.24, 2.45) is 0 Å². The molecule has 0 aliphatic carbocycles. The lowest BCUT2D eigenvalue weighted by Crippen LogP contribution is -2.33. The molecule has 0 spiro atoms. The van der Waals surface area contributed by atoms with Crippen molar-refractivity contribution in [2.75, 3.05) is 18.0 Å². The fraction of sp³-hybridized carbons (Fsp3) is 0.355. The molecule has 1 amide bonds. The first-order valence-electron chi connectivity index (χ1n) is 13.7. The van der Waals surface area contributed by atoms with Crippen molar-refractivity contribution >= 4 is 42.6 Å². The first kappa shape index (κ1) is 28.9. The molecule has 206 valence electrons. The second kappa shape index (κ2) is 13.3. The molecule has 6 nitrogen and oxygen atoms in total. The van der Waals surface area contributed by atoms with Crippen LogP contribution >= 0.6 is 11.3 Å². The van der Waals surface area contributed by atoms with E-state index in [2.05, 4.69) is 32.9 Å². The van der Waals surface area contributed by atoms with E-state index in [1.165, 1.54) is 16.9 Å². The number of anilines is 1. The molecule has 4 aromatic rings. The minimum atomic E-state index is -3.63. The molecule has 0 N–H and O–H groups in total. The summed E-state index contributed by atoms with van der Waals surface area (Å²) in [6.45, 7) is 7.59. The highest BCUT2D eigenvalue weighted by Gasteiger charge is 2.26. The second-order valence-corrected chi connectivity index (χ2v) is 12.6. The van der Waals surface area contributed by atoms with E-state index in [0.29, 0.717) is 30.3 Å². The standard InChI is InChI=1S/C31H37N3O3S2/c1-4-7-20-33(21-8-5-2)39(36,37)27-17-15-26(16-18-27)30(35)34(23-25-12-10-9-11-13-25)31-32-28-19-14-24(6-3)22-29(28)38-31/h9-19,22H,4-8,20-21,23H2,1-3H3. The van der Waals surface area contributed by atoms with Crippen molar-refractivity contribution in [3.63, 3.8) is 0 Å². The van der Waals surface area contributed by atoms with Crippen LogP contribution in [0.25, 0.3) is 10.2 Å². The smallest absolute Gasteiger partial charge is 0.260 e. The molecular weight excluding hydrogens is 526 g/mol. The van der Waals surface area contributed by atoms with Crippen molar-refractivity contribution in [1.82, 2.24) is 9.29 Å². The number of thiazole rings is 1. The molecule has 8 heteroatoms. The largest absolute Gasteiger partial charge is 0.279 e. The molecule has 0 fully saturated rings. The van der Waals surface area contributed by atoms with Crippen molar-refractivity contribution in [2.45, 2.75) is 64.3 Å². The highest BCUT2D eigenvalue weighted by atomic mass is 32.2. The summed E-state index contributed by atoms with van der Waals surface area (Å²) in [5.74, 6) is -0.216. The molecule has 4 rings (SSSR count). The van der Waals surface area contributed by atoms with Gasteiger partial charge in [-0.2, -0.15) is 4.31 Å². The maximum atomic E-state index is 13.9. The van der Waals surface area contributed by atoms with E-state index >= 15 is 0 Å². The van der Waals surface area contributed by atoms with Crippen LogP contribution in [0.3, 0.4) is 0 Å². The highest BCUT2D eigenvalue weighted by Crippen LogP contribution is 2.32. The van der Waals surface area contributed by atoms with Gasteiger partial charge >= 0.3 is 0 Å². The summed E-state index contributed by atoms with van der Waals surface area (Å²) in [6, 6.07) is 22.4. The molecule has 0 aliphatic heterocycles. The number of hydrogen-bond donors (Lipinski definition) is 0. The first-order chi connectivity index (χ1) is 18.9. The van der Waals surface area contributed by atoms with Gasteiger partial charge in [0, 0.05) is 18.7 Å². The van der Waals surface area contributed by atoms with Gasteiger partial charge in [0.2, 0.25) is 10.0 Å². The third-order valence-corrected chi connectivity index (χ3v) is 9.72. The molecule has 39 heavy (non-hydrogen) atoms. The Bertz CT molecular complexity index is 1470. The van der Waals surface area contributed by atoms with E-state index in [9.17, 15) is 13.2 Å². The minimum Gasteiger partial charge on any atom is -0.279 e. The number of carbonyl (C=O) groups is 1. The van der Waals surface area contributed by atoms with Crippen LogP contribution in [0.1, 0.15) is 67.9 Å². The second-order valence-electron chi connectivity index (χ2n) is 9.66. The lowest BCUT2D eigenvalue weighted by atomic mass is 10.1. The highest BCUT2D eigenvalue weighted by molar-refractivity contribution is 7.89. The summed E-state index contributed by atoms with van der Waals surface area (Å²) in [7, 11) is -3.63. The van der Waals surface area contributed by atoms with Gasteiger partial charge in [0.15, 0.2) is 5.13 Å². The Labute approximate surface area is 236 Å². The van der Waals surface area contributed by atoms with Gasteiger partial charge in [0.25, 0.3) is 5.91 Å². The van der Waals surface area contributed by atoms with Crippen LogP contribution < -0.4 is 4.90 Å². The van der Waals surface area contributed by atoms with Crippen molar-refractivity contribution in [3.8, 4) is 0 Å². The predicted molar refractivity (Wildman–Crippen MR) is 161 cm³/mol. The summed E-state index contributed by atoms with van der Waals surface area (Å²) in [5, 5.41) is 0.620. The summed E-state index contributed by atoms with van der Waals surface area (Å²) in [4.78, 5) is 20.5. The number of unbranched alkanes of at least 4 members (excludes halogenated alkanes) is 2. The van der Waals surface area contributed by atoms with Crippen LogP contribution in [-0.2, 0) is 23.0 Å². The molecule has 0 saturated carbocycles. The number of amides is 1. The van der Waals surface area contributed by atoms with Gasteiger partial charge < -0.3 is 0 Å². The number of aromatic nitrogens is 1. The van der Waals surface area contributed by atoms with E-state index in [1.54, 1.807) is 33.5 Å². The quantitative estimate of drug-likeness (QED) is 0.171. The maximum absolute atomic E-state index is 13.9. The van der Waals surface area contributed by atoms with Gasteiger partial charge in [-0.05, 0) is 66.8 Å². The molecular formula is C31H37N3O3S2. The van der Waals surface area contributed by atoms with E-state index in [1.807, 2.05) is 36.4 Å². The lowest BCUT2D eigenvalue weighted by molar-refractivity contribution is 0.0985. The summed E-state index contributed by atoms with van der Waals surface area (Å²) < 4.78 is 29.4. The van der Waals surface area contributed by atoms with Gasteiger partial charge in [-0.1, -0.05) is 81.3 Å². The van der Waals surface area contributed by atoms with E-state index in [-0.39, 0.29) is 10.8 Å². The average molecular weight is 564 g/mol. The van der Waals surface area contributed by atoms with Crippen LogP contribution in [-0.4, -0.2) is 36.7 Å². The number of fused-ring (bicyclic) bond motifs is 1. The molecule has 0 radical (unpaired) electrons. The Balaban J connectivity index is 1.65. The number of nitrogens with zero attached hydrogens (tertiary/aromatic N) is 3. The molecule has 0 atom stereocenters. The number of aryl methyl sites for hydroxylation is 1. The predicted octanol–water partition coefficient (Wildman–Crippen LogP) is 7.30. The Hall–Kier alpha value is -3.07. The molecule has 3 aromatic carbocycles. The van der Waals surface area contributed by atoms with Gasteiger partial charge in [0.1, 0.15) is 0 Å². The van der Waals surface area contributed by atoms with Gasteiger partial charge in [-0.15, -0.1) is 0 Å². The van der Waals surface area contributed by atoms with Crippen LogP contribution in [0.5, 0.6) is 0 Å². The fourth-order valence-electron chi connectivity index (χ4n) is 4.38. The number of carbonyl (C=O) groups excluding carboxylic acids is 1. The van der Waals surface area contributed by atoms with Crippen LogP contribution in [0.2, 0.25) is 0 Å². The zero-order valence-electron chi connectivity index (χ0n) is 23.0. The third-order valence-electron chi connectivity index (χ3n) is 6.77. The number of hydrogen-bond acceptors (Lipinski definition) is 5. The summed E-state index contributed by atoms with van der Waals surface area (Å²) in [6.07, 6.45) is 4.41. The SMILES string of the molecule is CCCCN(CCCC)S(=O)(=O)c1ccc(C(=O)N(Cc2ccccc2)c2nc3ccc(CC)cc3s2)cc1. The zero-order valence-corrected chi connectivity index (χ0v) is 24.6.